The summed E-state index contributed by atoms with van der Waals surface area (Å²) in [5.41, 5.74) is 1.62. The van der Waals surface area contributed by atoms with Gasteiger partial charge in [-0.25, -0.2) is 9.67 Å². The standard InChI is InChI=1S/C19H14BrClN6O2/c20-13-3-7-15(8-4-13)23-16(28)10-26-11-22-18-17(19(26)29)24-25-27(18)9-12-1-5-14(21)6-2-12/h1-8,11H,9-10H2,(H,23,28). The van der Waals surface area contributed by atoms with Gasteiger partial charge in [0, 0.05) is 15.2 Å². The number of anilines is 1. The van der Waals surface area contributed by atoms with Gasteiger partial charge in [0.05, 0.1) is 6.54 Å². The number of carbonyl (C=O) groups excluding carboxylic acids is 1. The highest BCUT2D eigenvalue weighted by Gasteiger charge is 2.14. The topological polar surface area (TPSA) is 94.7 Å². The maximum atomic E-state index is 12.7. The monoisotopic (exact) mass is 472 g/mol. The minimum Gasteiger partial charge on any atom is -0.325 e. The fourth-order valence-corrected chi connectivity index (χ4v) is 3.15. The Labute approximate surface area is 178 Å². The van der Waals surface area contributed by atoms with Crippen LogP contribution in [0.2, 0.25) is 5.02 Å². The molecule has 0 saturated heterocycles. The summed E-state index contributed by atoms with van der Waals surface area (Å²) in [5.74, 6) is -0.343. The Hall–Kier alpha value is -3.04. The molecule has 2 heterocycles. The highest BCUT2D eigenvalue weighted by Crippen LogP contribution is 2.14. The van der Waals surface area contributed by atoms with Crippen LogP contribution in [0.15, 0.2) is 64.1 Å². The first-order chi connectivity index (χ1) is 14.0. The maximum Gasteiger partial charge on any atom is 0.283 e. The number of aromatic nitrogens is 5. The van der Waals surface area contributed by atoms with E-state index >= 15 is 0 Å². The summed E-state index contributed by atoms with van der Waals surface area (Å²) in [6.45, 7) is 0.218. The van der Waals surface area contributed by atoms with Gasteiger partial charge in [0.15, 0.2) is 11.2 Å². The van der Waals surface area contributed by atoms with E-state index in [2.05, 4.69) is 36.5 Å². The van der Waals surface area contributed by atoms with Gasteiger partial charge in [0.25, 0.3) is 5.56 Å². The van der Waals surface area contributed by atoms with Crippen LogP contribution in [-0.2, 0) is 17.9 Å². The molecule has 0 bridgehead atoms. The molecule has 1 amide bonds. The molecule has 0 aliphatic heterocycles. The van der Waals surface area contributed by atoms with E-state index in [9.17, 15) is 9.59 Å². The number of rotatable bonds is 5. The fraction of sp³-hybridized carbons (Fsp3) is 0.105. The van der Waals surface area contributed by atoms with Crippen molar-refractivity contribution in [3.05, 3.63) is 80.3 Å². The summed E-state index contributed by atoms with van der Waals surface area (Å²) in [7, 11) is 0. The highest BCUT2D eigenvalue weighted by molar-refractivity contribution is 9.10. The Kier molecular flexibility index (Phi) is 5.41. The van der Waals surface area contributed by atoms with Crippen molar-refractivity contribution in [2.75, 3.05) is 5.32 Å². The molecule has 0 radical (unpaired) electrons. The molecule has 10 heteroatoms. The molecule has 0 saturated carbocycles. The number of nitrogens with zero attached hydrogens (tertiary/aromatic N) is 5. The van der Waals surface area contributed by atoms with Crippen LogP contribution in [0.25, 0.3) is 11.2 Å². The van der Waals surface area contributed by atoms with Crippen LogP contribution in [0.5, 0.6) is 0 Å². The van der Waals surface area contributed by atoms with E-state index in [-0.39, 0.29) is 18.0 Å². The third-order valence-electron chi connectivity index (χ3n) is 4.18. The number of hydrogen-bond donors (Lipinski definition) is 1. The Balaban J connectivity index is 1.53. The zero-order valence-corrected chi connectivity index (χ0v) is 17.3. The third kappa shape index (κ3) is 4.36. The van der Waals surface area contributed by atoms with Crippen molar-refractivity contribution in [2.24, 2.45) is 0 Å². The molecule has 0 atom stereocenters. The van der Waals surface area contributed by atoms with Gasteiger partial charge in [0.1, 0.15) is 12.9 Å². The number of benzene rings is 2. The second-order valence-corrected chi connectivity index (χ2v) is 7.63. The van der Waals surface area contributed by atoms with E-state index < -0.39 is 5.56 Å². The fourth-order valence-electron chi connectivity index (χ4n) is 2.76. The third-order valence-corrected chi connectivity index (χ3v) is 4.96. The van der Waals surface area contributed by atoms with Gasteiger partial charge >= 0.3 is 0 Å². The zero-order chi connectivity index (χ0) is 20.4. The number of amides is 1. The lowest BCUT2D eigenvalue weighted by atomic mass is 10.2. The summed E-state index contributed by atoms with van der Waals surface area (Å²) in [6, 6.07) is 14.4. The van der Waals surface area contributed by atoms with Crippen LogP contribution in [0.3, 0.4) is 0 Å². The average Bonchev–Trinajstić information content (AvgIpc) is 3.11. The summed E-state index contributed by atoms with van der Waals surface area (Å²) < 4.78 is 3.65. The van der Waals surface area contributed by atoms with Crippen LogP contribution < -0.4 is 10.9 Å². The number of halogens is 2. The molecule has 2 aromatic carbocycles. The van der Waals surface area contributed by atoms with Crippen molar-refractivity contribution in [3.63, 3.8) is 0 Å². The quantitative estimate of drug-likeness (QED) is 0.481. The Morgan fingerprint density at radius 1 is 1.10 bits per heavy atom. The molecule has 4 rings (SSSR count). The van der Waals surface area contributed by atoms with E-state index in [1.165, 1.54) is 15.6 Å². The lowest BCUT2D eigenvalue weighted by Crippen LogP contribution is -2.28. The highest BCUT2D eigenvalue weighted by atomic mass is 79.9. The first kappa shape index (κ1) is 19.3. The largest absolute Gasteiger partial charge is 0.325 e. The average molecular weight is 474 g/mol. The van der Waals surface area contributed by atoms with Crippen molar-refractivity contribution in [1.29, 1.82) is 0 Å². The lowest BCUT2D eigenvalue weighted by Gasteiger charge is -2.07. The minimum absolute atomic E-state index is 0.109. The van der Waals surface area contributed by atoms with Crippen molar-refractivity contribution < 1.29 is 4.79 Å². The molecule has 2 aromatic heterocycles. The molecule has 0 fully saturated rings. The summed E-state index contributed by atoms with van der Waals surface area (Å²) >= 11 is 9.24. The van der Waals surface area contributed by atoms with Gasteiger partial charge in [-0.15, -0.1) is 5.10 Å². The maximum absolute atomic E-state index is 12.7. The molecule has 0 spiro atoms. The predicted molar refractivity (Wildman–Crippen MR) is 113 cm³/mol. The molecular weight excluding hydrogens is 460 g/mol. The van der Waals surface area contributed by atoms with Crippen LogP contribution in [0, 0.1) is 0 Å². The van der Waals surface area contributed by atoms with Gasteiger partial charge in [0.2, 0.25) is 5.91 Å². The molecule has 29 heavy (non-hydrogen) atoms. The molecule has 4 aromatic rings. The van der Waals surface area contributed by atoms with Gasteiger partial charge in [-0.05, 0) is 42.0 Å². The number of carbonyl (C=O) groups is 1. The predicted octanol–water partition coefficient (Wildman–Crippen LogP) is 3.09. The van der Waals surface area contributed by atoms with Crippen LogP contribution in [0.4, 0.5) is 5.69 Å². The van der Waals surface area contributed by atoms with E-state index in [1.807, 2.05) is 24.3 Å². The van der Waals surface area contributed by atoms with Crippen LogP contribution in [-0.4, -0.2) is 30.5 Å². The Morgan fingerprint density at radius 2 is 1.83 bits per heavy atom. The number of nitrogens with one attached hydrogen (secondary N) is 1. The molecular formula is C19H14BrClN6O2. The van der Waals surface area contributed by atoms with E-state index in [0.717, 1.165) is 10.0 Å². The molecule has 0 aliphatic rings. The molecule has 0 aliphatic carbocycles. The molecule has 0 unspecified atom stereocenters. The first-order valence-electron chi connectivity index (χ1n) is 8.58. The van der Waals surface area contributed by atoms with Crippen molar-refractivity contribution in [1.82, 2.24) is 24.5 Å². The Bertz CT molecular complexity index is 1230. The smallest absolute Gasteiger partial charge is 0.283 e. The second kappa shape index (κ2) is 8.14. The second-order valence-electron chi connectivity index (χ2n) is 6.28. The minimum atomic E-state index is -0.427. The van der Waals surface area contributed by atoms with Crippen LogP contribution in [0.1, 0.15) is 5.56 Å². The van der Waals surface area contributed by atoms with Gasteiger partial charge in [-0.3, -0.25) is 14.2 Å². The SMILES string of the molecule is O=C(Cn1cnc2c(nnn2Cc2ccc(Cl)cc2)c1=O)Nc1ccc(Br)cc1. The molecule has 8 nitrogen and oxygen atoms in total. The van der Waals surface area contributed by atoms with Gasteiger partial charge in [-0.1, -0.05) is 44.9 Å². The van der Waals surface area contributed by atoms with Crippen molar-refractivity contribution >= 4 is 50.3 Å². The van der Waals surface area contributed by atoms with Crippen LogP contribution >= 0.6 is 27.5 Å². The Morgan fingerprint density at radius 3 is 2.55 bits per heavy atom. The number of fused-ring (bicyclic) bond motifs is 1. The first-order valence-corrected chi connectivity index (χ1v) is 9.75. The lowest BCUT2D eigenvalue weighted by molar-refractivity contribution is -0.116. The van der Waals surface area contributed by atoms with E-state index in [0.29, 0.717) is 22.9 Å². The van der Waals surface area contributed by atoms with Crippen molar-refractivity contribution in [3.8, 4) is 0 Å². The van der Waals surface area contributed by atoms with Gasteiger partial charge < -0.3 is 5.32 Å². The zero-order valence-electron chi connectivity index (χ0n) is 14.9. The van der Waals surface area contributed by atoms with E-state index in [4.69, 9.17) is 11.6 Å². The normalized spacial score (nSPS) is 11.0. The summed E-state index contributed by atoms with van der Waals surface area (Å²) in [4.78, 5) is 29.2. The molecule has 146 valence electrons. The van der Waals surface area contributed by atoms with E-state index in [1.54, 1.807) is 24.3 Å². The number of hydrogen-bond acceptors (Lipinski definition) is 5. The molecule has 1 N–H and O–H groups in total. The summed E-state index contributed by atoms with van der Waals surface area (Å²) in [5, 5.41) is 11.3. The van der Waals surface area contributed by atoms with Gasteiger partial charge in [-0.2, -0.15) is 0 Å². The van der Waals surface area contributed by atoms with Crippen molar-refractivity contribution in [2.45, 2.75) is 13.1 Å². The summed E-state index contributed by atoms with van der Waals surface area (Å²) in [6.07, 6.45) is 1.33.